The van der Waals surface area contributed by atoms with Crippen LogP contribution in [-0.2, 0) is 9.63 Å². The van der Waals surface area contributed by atoms with E-state index in [1.54, 1.807) is 19.1 Å². The van der Waals surface area contributed by atoms with E-state index in [0.717, 1.165) is 11.0 Å². The molecule has 2 heterocycles. The molecule has 0 aliphatic heterocycles. The number of nitrogens with zero attached hydrogens (tertiary/aromatic N) is 5. The van der Waals surface area contributed by atoms with E-state index in [4.69, 9.17) is 16.4 Å². The summed E-state index contributed by atoms with van der Waals surface area (Å²) >= 11 is 5.93. The molecule has 30 heavy (non-hydrogen) atoms. The molecule has 2 aromatic heterocycles. The maximum atomic E-state index is 13.2. The molecule has 0 spiro atoms. The van der Waals surface area contributed by atoms with Crippen molar-refractivity contribution in [2.75, 3.05) is 12.6 Å². The van der Waals surface area contributed by atoms with Gasteiger partial charge in [-0.2, -0.15) is 23.0 Å². The standard InChI is InChI=1S/C18H18ClF3N6O2/c1-11(27(10-29)15-6-12(18(20,21)22)5-13(19)7-15)17-24-9-25-28(17)16-4-3-14(8-23-16)26-30-2/h3-4,6-12,26H,5H2,1-2H3. The molecule has 0 fully saturated rings. The zero-order valence-corrected chi connectivity index (χ0v) is 16.7. The zero-order valence-electron chi connectivity index (χ0n) is 16.0. The third-order valence-electron chi connectivity index (χ3n) is 4.47. The number of hydrogen-bond donors (Lipinski definition) is 1. The molecule has 2 unspecified atom stereocenters. The molecule has 1 aliphatic rings. The lowest BCUT2D eigenvalue weighted by Crippen LogP contribution is -2.30. The first kappa shape index (κ1) is 21.8. The van der Waals surface area contributed by atoms with Crippen molar-refractivity contribution in [1.82, 2.24) is 24.6 Å². The highest BCUT2D eigenvalue weighted by Crippen LogP contribution is 2.39. The van der Waals surface area contributed by atoms with Crippen LogP contribution >= 0.6 is 11.6 Å². The van der Waals surface area contributed by atoms with Crippen molar-refractivity contribution >= 4 is 23.7 Å². The number of pyridine rings is 1. The maximum absolute atomic E-state index is 13.2. The van der Waals surface area contributed by atoms with Crippen LogP contribution in [0.4, 0.5) is 18.9 Å². The van der Waals surface area contributed by atoms with Gasteiger partial charge in [0.2, 0.25) is 6.41 Å². The smallest absolute Gasteiger partial charge is 0.305 e. The molecule has 0 radical (unpaired) electrons. The second kappa shape index (κ2) is 8.84. The van der Waals surface area contributed by atoms with Crippen LogP contribution in [0.5, 0.6) is 0 Å². The first-order chi connectivity index (χ1) is 14.2. The minimum absolute atomic E-state index is 0.0123. The predicted molar refractivity (Wildman–Crippen MR) is 102 cm³/mol. The number of anilines is 1. The van der Waals surface area contributed by atoms with E-state index in [1.807, 2.05) is 0 Å². The van der Waals surface area contributed by atoms with Gasteiger partial charge in [-0.25, -0.2) is 9.97 Å². The number of allylic oxidation sites excluding steroid dienone is 3. The molecule has 0 saturated carbocycles. The first-order valence-electron chi connectivity index (χ1n) is 8.78. The lowest BCUT2D eigenvalue weighted by atomic mass is 9.97. The SMILES string of the molecule is CONc1ccc(-n2ncnc2C(C)N(C=O)C2=CC(C(F)(F)F)CC(Cl)=C2)nc1. The lowest BCUT2D eigenvalue weighted by molar-refractivity contribution is -0.161. The van der Waals surface area contributed by atoms with Gasteiger partial charge in [-0.05, 0) is 37.6 Å². The number of carbonyl (C=O) groups excluding carboxylic acids is 1. The summed E-state index contributed by atoms with van der Waals surface area (Å²) in [6, 6.07) is 2.59. The van der Waals surface area contributed by atoms with Crippen molar-refractivity contribution in [2.45, 2.75) is 25.6 Å². The van der Waals surface area contributed by atoms with Gasteiger partial charge < -0.3 is 4.90 Å². The number of halogens is 4. The molecule has 8 nitrogen and oxygen atoms in total. The first-order valence-corrected chi connectivity index (χ1v) is 9.16. The van der Waals surface area contributed by atoms with Gasteiger partial charge in [0.25, 0.3) is 0 Å². The average molecular weight is 443 g/mol. The van der Waals surface area contributed by atoms with Gasteiger partial charge in [0.15, 0.2) is 11.6 Å². The van der Waals surface area contributed by atoms with Gasteiger partial charge in [0, 0.05) is 10.7 Å². The van der Waals surface area contributed by atoms with Gasteiger partial charge in [-0.1, -0.05) is 11.6 Å². The van der Waals surface area contributed by atoms with Crippen molar-refractivity contribution in [1.29, 1.82) is 0 Å². The van der Waals surface area contributed by atoms with E-state index in [9.17, 15) is 18.0 Å². The summed E-state index contributed by atoms with van der Waals surface area (Å²) in [6.07, 6.45) is 0.714. The number of amides is 1. The molecule has 1 N–H and O–H groups in total. The van der Waals surface area contributed by atoms with Crippen LogP contribution in [0, 0.1) is 5.92 Å². The summed E-state index contributed by atoms with van der Waals surface area (Å²) in [7, 11) is 1.46. The van der Waals surface area contributed by atoms with E-state index in [2.05, 4.69) is 20.5 Å². The second-order valence-corrected chi connectivity index (χ2v) is 6.95. The van der Waals surface area contributed by atoms with E-state index in [1.165, 1.54) is 30.4 Å². The van der Waals surface area contributed by atoms with Crippen LogP contribution in [-0.4, -0.2) is 44.3 Å². The van der Waals surface area contributed by atoms with Gasteiger partial charge in [0.05, 0.1) is 31.0 Å². The molecule has 2 aromatic rings. The molecule has 160 valence electrons. The summed E-state index contributed by atoms with van der Waals surface area (Å²) < 4.78 is 41.0. The Balaban J connectivity index is 1.92. The highest BCUT2D eigenvalue weighted by molar-refractivity contribution is 6.29. The molecular weight excluding hydrogens is 425 g/mol. The van der Waals surface area contributed by atoms with E-state index >= 15 is 0 Å². The topological polar surface area (TPSA) is 85.2 Å². The summed E-state index contributed by atoms with van der Waals surface area (Å²) in [5.74, 6) is -1.07. The van der Waals surface area contributed by atoms with Crippen molar-refractivity contribution in [3.8, 4) is 5.82 Å². The number of aromatic nitrogens is 4. The highest BCUT2D eigenvalue weighted by atomic mass is 35.5. The normalized spacial score (nSPS) is 17.7. The second-order valence-electron chi connectivity index (χ2n) is 6.46. The Kier molecular flexibility index (Phi) is 6.42. The third kappa shape index (κ3) is 4.62. The van der Waals surface area contributed by atoms with Crippen LogP contribution in [0.25, 0.3) is 5.82 Å². The van der Waals surface area contributed by atoms with Crippen LogP contribution in [0.3, 0.4) is 0 Å². The number of alkyl halides is 3. The fourth-order valence-corrected chi connectivity index (χ4v) is 3.29. The number of rotatable bonds is 7. The highest BCUT2D eigenvalue weighted by Gasteiger charge is 2.40. The minimum Gasteiger partial charge on any atom is -0.305 e. The summed E-state index contributed by atoms with van der Waals surface area (Å²) in [5, 5.41) is 4.13. The number of hydrogen-bond acceptors (Lipinski definition) is 6. The number of nitrogens with one attached hydrogen (secondary N) is 1. The third-order valence-corrected chi connectivity index (χ3v) is 4.74. The Hall–Kier alpha value is -2.92. The Labute approximate surface area is 175 Å². The lowest BCUT2D eigenvalue weighted by Gasteiger charge is -2.30. The van der Waals surface area contributed by atoms with Crippen molar-refractivity contribution in [3.05, 3.63) is 53.4 Å². The Morgan fingerprint density at radius 3 is 2.77 bits per heavy atom. The van der Waals surface area contributed by atoms with Crippen molar-refractivity contribution < 1.29 is 22.8 Å². The van der Waals surface area contributed by atoms with Gasteiger partial charge in [-0.15, -0.1) is 0 Å². The summed E-state index contributed by atoms with van der Waals surface area (Å²) in [4.78, 5) is 26.2. The zero-order chi connectivity index (χ0) is 21.9. The van der Waals surface area contributed by atoms with Gasteiger partial charge in [0.1, 0.15) is 6.33 Å². The largest absolute Gasteiger partial charge is 0.395 e. The van der Waals surface area contributed by atoms with Gasteiger partial charge >= 0.3 is 6.18 Å². The summed E-state index contributed by atoms with van der Waals surface area (Å²) in [5.41, 5.74) is 3.27. The van der Waals surface area contributed by atoms with Crippen molar-refractivity contribution in [3.63, 3.8) is 0 Å². The monoisotopic (exact) mass is 442 g/mol. The molecule has 0 saturated heterocycles. The van der Waals surface area contributed by atoms with E-state index < -0.39 is 18.1 Å². The Morgan fingerprint density at radius 2 is 2.17 bits per heavy atom. The Morgan fingerprint density at radius 1 is 1.40 bits per heavy atom. The molecule has 1 amide bonds. The van der Waals surface area contributed by atoms with E-state index in [-0.39, 0.29) is 17.2 Å². The maximum Gasteiger partial charge on any atom is 0.395 e. The van der Waals surface area contributed by atoms with Crippen LogP contribution in [0.1, 0.15) is 25.2 Å². The van der Waals surface area contributed by atoms with Crippen LogP contribution in [0.15, 0.2) is 47.5 Å². The molecule has 1 aliphatic carbocycles. The molecular formula is C18H18ClF3N6O2. The van der Waals surface area contributed by atoms with E-state index in [0.29, 0.717) is 23.7 Å². The fraction of sp³-hybridized carbons (Fsp3) is 0.333. The molecule has 0 aromatic carbocycles. The molecule has 2 atom stereocenters. The Bertz CT molecular complexity index is 958. The fourth-order valence-electron chi connectivity index (χ4n) is 3.01. The summed E-state index contributed by atoms with van der Waals surface area (Å²) in [6.45, 7) is 1.62. The van der Waals surface area contributed by atoms with Gasteiger partial charge in [-0.3, -0.25) is 15.1 Å². The number of carbonyl (C=O) groups is 1. The molecule has 12 heteroatoms. The predicted octanol–water partition coefficient (Wildman–Crippen LogP) is 3.74. The molecule has 0 bridgehead atoms. The molecule has 3 rings (SSSR count). The van der Waals surface area contributed by atoms with Crippen LogP contribution < -0.4 is 5.48 Å². The average Bonchev–Trinajstić information content (AvgIpc) is 3.18. The quantitative estimate of drug-likeness (QED) is 0.519. The minimum atomic E-state index is -4.47. The van der Waals surface area contributed by atoms with Crippen LogP contribution in [0.2, 0.25) is 0 Å². The van der Waals surface area contributed by atoms with Crippen molar-refractivity contribution in [2.24, 2.45) is 5.92 Å².